The quantitative estimate of drug-likeness (QED) is 0.853. The molecule has 122 valence electrons. The number of carbonyl (C=O) groups excluding carboxylic acids is 1. The molecule has 2 aliphatic heterocycles. The first-order chi connectivity index (χ1) is 11.1. The van der Waals surface area contributed by atoms with Crippen molar-refractivity contribution in [3.05, 3.63) is 35.1 Å². The highest BCUT2D eigenvalue weighted by molar-refractivity contribution is 5.99. The second-order valence-corrected chi connectivity index (χ2v) is 6.94. The Labute approximate surface area is 137 Å². The van der Waals surface area contributed by atoms with Crippen LogP contribution in [0.15, 0.2) is 22.6 Å². The van der Waals surface area contributed by atoms with Gasteiger partial charge in [-0.1, -0.05) is 18.2 Å². The molecule has 2 saturated heterocycles. The van der Waals surface area contributed by atoms with Gasteiger partial charge < -0.3 is 9.32 Å². The van der Waals surface area contributed by atoms with Gasteiger partial charge in [-0.2, -0.15) is 0 Å². The van der Waals surface area contributed by atoms with Crippen molar-refractivity contribution in [2.75, 3.05) is 26.2 Å². The van der Waals surface area contributed by atoms with Crippen molar-refractivity contribution in [3.8, 4) is 0 Å². The van der Waals surface area contributed by atoms with Crippen LogP contribution in [0.4, 0.5) is 0 Å². The zero-order chi connectivity index (χ0) is 16.0. The van der Waals surface area contributed by atoms with Crippen molar-refractivity contribution >= 4 is 16.9 Å². The van der Waals surface area contributed by atoms with Crippen molar-refractivity contribution < 1.29 is 9.21 Å². The van der Waals surface area contributed by atoms with Crippen LogP contribution in [0.3, 0.4) is 0 Å². The van der Waals surface area contributed by atoms with Crippen molar-refractivity contribution in [2.24, 2.45) is 0 Å². The largest absolute Gasteiger partial charge is 0.450 e. The average Bonchev–Trinajstić information content (AvgIpc) is 3.27. The van der Waals surface area contributed by atoms with E-state index in [-0.39, 0.29) is 5.91 Å². The summed E-state index contributed by atoms with van der Waals surface area (Å²) >= 11 is 0. The lowest BCUT2D eigenvalue weighted by molar-refractivity contribution is 0.0750. The van der Waals surface area contributed by atoms with Gasteiger partial charge in [0.25, 0.3) is 5.91 Å². The van der Waals surface area contributed by atoms with Gasteiger partial charge in [0.05, 0.1) is 0 Å². The van der Waals surface area contributed by atoms with E-state index in [9.17, 15) is 4.79 Å². The minimum absolute atomic E-state index is 0.0554. The molecule has 0 saturated carbocycles. The Hall–Kier alpha value is -1.81. The molecule has 0 spiro atoms. The maximum atomic E-state index is 12.9. The van der Waals surface area contributed by atoms with Crippen LogP contribution in [-0.4, -0.2) is 47.9 Å². The lowest BCUT2D eigenvalue weighted by Crippen LogP contribution is -2.37. The van der Waals surface area contributed by atoms with E-state index in [4.69, 9.17) is 4.42 Å². The molecular formula is C19H24N2O2. The number of aryl methyl sites for hydroxylation is 2. The van der Waals surface area contributed by atoms with Crippen LogP contribution >= 0.6 is 0 Å². The van der Waals surface area contributed by atoms with E-state index in [1.165, 1.54) is 25.9 Å². The van der Waals surface area contributed by atoms with Gasteiger partial charge in [-0.25, -0.2) is 0 Å². The first kappa shape index (κ1) is 14.8. The molecule has 4 rings (SSSR count). The molecule has 2 fully saturated rings. The summed E-state index contributed by atoms with van der Waals surface area (Å²) < 4.78 is 5.96. The summed E-state index contributed by atoms with van der Waals surface area (Å²) in [5.74, 6) is 0.580. The third kappa shape index (κ3) is 2.45. The topological polar surface area (TPSA) is 36.7 Å². The molecule has 0 aliphatic carbocycles. The first-order valence-electron chi connectivity index (χ1n) is 8.67. The molecule has 2 aromatic rings. The summed E-state index contributed by atoms with van der Waals surface area (Å²) in [5, 5.41) is 1.06. The molecule has 1 aromatic heterocycles. The van der Waals surface area contributed by atoms with Crippen molar-refractivity contribution in [1.29, 1.82) is 0 Å². The standard InChI is InChI=1S/C19H24N2O2/c1-13-6-5-7-16-14(2)18(23-17(13)16)19(22)21-11-8-15(12-21)20-9-3-4-10-20/h5-7,15H,3-4,8-12H2,1-2H3. The first-order valence-corrected chi connectivity index (χ1v) is 8.67. The Balaban J connectivity index is 1.58. The van der Waals surface area contributed by atoms with Gasteiger partial charge in [-0.05, 0) is 51.8 Å². The van der Waals surface area contributed by atoms with Crippen molar-refractivity contribution in [2.45, 2.75) is 39.2 Å². The summed E-state index contributed by atoms with van der Waals surface area (Å²) in [5.41, 5.74) is 2.91. The summed E-state index contributed by atoms with van der Waals surface area (Å²) in [7, 11) is 0. The van der Waals surface area contributed by atoms with E-state index in [0.29, 0.717) is 11.8 Å². The van der Waals surface area contributed by atoms with Crippen molar-refractivity contribution in [3.63, 3.8) is 0 Å². The number of para-hydroxylation sites is 1. The summed E-state index contributed by atoms with van der Waals surface area (Å²) in [6.45, 7) is 8.08. The molecule has 4 nitrogen and oxygen atoms in total. The van der Waals surface area contributed by atoms with Gasteiger partial charge in [0.2, 0.25) is 0 Å². The van der Waals surface area contributed by atoms with Gasteiger partial charge in [-0.15, -0.1) is 0 Å². The Morgan fingerprint density at radius 2 is 1.96 bits per heavy atom. The number of benzene rings is 1. The maximum absolute atomic E-state index is 12.9. The molecule has 3 heterocycles. The number of hydrogen-bond acceptors (Lipinski definition) is 3. The minimum Gasteiger partial charge on any atom is -0.450 e. The molecule has 2 aliphatic rings. The second kappa shape index (κ2) is 5.68. The van der Waals surface area contributed by atoms with Crippen molar-refractivity contribution in [1.82, 2.24) is 9.80 Å². The molecule has 0 bridgehead atoms. The number of carbonyl (C=O) groups is 1. The molecule has 1 aromatic carbocycles. The Morgan fingerprint density at radius 3 is 2.70 bits per heavy atom. The number of nitrogens with zero attached hydrogens (tertiary/aromatic N) is 2. The molecule has 0 radical (unpaired) electrons. The lowest BCUT2D eigenvalue weighted by atomic mass is 10.1. The van der Waals surface area contributed by atoms with Gasteiger partial charge in [0.1, 0.15) is 5.58 Å². The predicted molar refractivity (Wildman–Crippen MR) is 90.8 cm³/mol. The number of fused-ring (bicyclic) bond motifs is 1. The van der Waals surface area contributed by atoms with E-state index in [1.54, 1.807) is 0 Å². The fraction of sp³-hybridized carbons (Fsp3) is 0.526. The highest BCUT2D eigenvalue weighted by Gasteiger charge is 2.33. The number of likely N-dealkylation sites (tertiary alicyclic amines) is 2. The number of hydrogen-bond donors (Lipinski definition) is 0. The van der Waals surface area contributed by atoms with Gasteiger partial charge >= 0.3 is 0 Å². The minimum atomic E-state index is 0.0554. The Morgan fingerprint density at radius 1 is 1.17 bits per heavy atom. The highest BCUT2D eigenvalue weighted by Crippen LogP contribution is 2.30. The zero-order valence-corrected chi connectivity index (χ0v) is 14.0. The van der Waals surface area contributed by atoms with Crippen LogP contribution in [0.5, 0.6) is 0 Å². The van der Waals surface area contributed by atoms with E-state index < -0.39 is 0 Å². The normalized spacial score (nSPS) is 22.3. The third-order valence-electron chi connectivity index (χ3n) is 5.46. The van der Waals surface area contributed by atoms with Crippen LogP contribution in [0.1, 0.15) is 40.9 Å². The van der Waals surface area contributed by atoms with Crippen LogP contribution in [0.2, 0.25) is 0 Å². The Kier molecular flexibility index (Phi) is 3.64. The second-order valence-electron chi connectivity index (χ2n) is 6.94. The molecule has 1 unspecified atom stereocenters. The third-order valence-corrected chi connectivity index (χ3v) is 5.46. The smallest absolute Gasteiger partial charge is 0.289 e. The van der Waals surface area contributed by atoms with Crippen LogP contribution in [-0.2, 0) is 0 Å². The van der Waals surface area contributed by atoms with Gasteiger partial charge in [0, 0.05) is 30.1 Å². The van der Waals surface area contributed by atoms with Crippen LogP contribution in [0, 0.1) is 13.8 Å². The SMILES string of the molecule is Cc1c(C(=O)N2CCC(N3CCCC3)C2)oc2c(C)cccc12. The fourth-order valence-corrected chi connectivity index (χ4v) is 4.06. The summed E-state index contributed by atoms with van der Waals surface area (Å²) in [6.07, 6.45) is 3.68. The molecule has 0 N–H and O–H groups in total. The lowest BCUT2D eigenvalue weighted by Gasteiger charge is -2.23. The van der Waals surface area contributed by atoms with E-state index in [1.807, 2.05) is 36.9 Å². The Bertz CT molecular complexity index is 743. The summed E-state index contributed by atoms with van der Waals surface area (Å²) in [6, 6.07) is 6.62. The van der Waals surface area contributed by atoms with Crippen LogP contribution < -0.4 is 0 Å². The van der Waals surface area contributed by atoms with Gasteiger partial charge in [0.15, 0.2) is 5.76 Å². The maximum Gasteiger partial charge on any atom is 0.289 e. The van der Waals surface area contributed by atoms with E-state index in [0.717, 1.165) is 41.6 Å². The molecule has 1 atom stereocenters. The summed E-state index contributed by atoms with van der Waals surface area (Å²) in [4.78, 5) is 17.4. The number of furan rings is 1. The monoisotopic (exact) mass is 312 g/mol. The average molecular weight is 312 g/mol. The molecule has 1 amide bonds. The van der Waals surface area contributed by atoms with E-state index in [2.05, 4.69) is 4.90 Å². The van der Waals surface area contributed by atoms with Crippen LogP contribution in [0.25, 0.3) is 11.0 Å². The fourth-order valence-electron chi connectivity index (χ4n) is 4.06. The molecule has 23 heavy (non-hydrogen) atoms. The molecular weight excluding hydrogens is 288 g/mol. The molecule has 4 heteroatoms. The highest BCUT2D eigenvalue weighted by atomic mass is 16.3. The van der Waals surface area contributed by atoms with E-state index >= 15 is 0 Å². The number of rotatable bonds is 2. The predicted octanol–water partition coefficient (Wildman–Crippen LogP) is 3.36. The van der Waals surface area contributed by atoms with Gasteiger partial charge in [-0.3, -0.25) is 9.69 Å². The zero-order valence-electron chi connectivity index (χ0n) is 14.0. The number of amides is 1.